The molecule has 0 bridgehead atoms. The Kier molecular flexibility index (Phi) is 9.68. The van der Waals surface area contributed by atoms with Crippen molar-refractivity contribution in [3.8, 4) is 0 Å². The molecule has 2 aromatic rings. The van der Waals surface area contributed by atoms with Gasteiger partial charge in [-0.2, -0.15) is 0 Å². The van der Waals surface area contributed by atoms with E-state index in [1.807, 2.05) is 0 Å². The molecule has 0 spiro atoms. The third-order valence-electron chi connectivity index (χ3n) is 7.82. The van der Waals surface area contributed by atoms with Crippen LogP contribution in [-0.4, -0.2) is 96.6 Å². The zero-order valence-corrected chi connectivity index (χ0v) is 23.3. The van der Waals surface area contributed by atoms with Crippen LogP contribution in [0.1, 0.15) is 57.4 Å². The molecular weight excluding hydrogens is 430 g/mol. The smallest absolute Gasteiger partial charge is 0.0459 e. The van der Waals surface area contributed by atoms with Crippen LogP contribution in [0.15, 0.2) is 18.2 Å². The van der Waals surface area contributed by atoms with E-state index in [0.717, 1.165) is 24.8 Å². The van der Waals surface area contributed by atoms with Crippen LogP contribution in [0.3, 0.4) is 0 Å². The van der Waals surface area contributed by atoms with Crippen LogP contribution in [0.25, 0.3) is 10.9 Å². The van der Waals surface area contributed by atoms with Crippen molar-refractivity contribution < 1.29 is 0 Å². The first-order chi connectivity index (χ1) is 16.9. The molecule has 1 aromatic heterocycles. The van der Waals surface area contributed by atoms with Gasteiger partial charge in [-0.25, -0.2) is 0 Å². The minimum atomic E-state index is 0.760. The molecule has 4 rings (SSSR count). The molecule has 1 fully saturated rings. The van der Waals surface area contributed by atoms with E-state index in [2.05, 4.69) is 77.4 Å². The highest BCUT2D eigenvalue weighted by Crippen LogP contribution is 2.28. The van der Waals surface area contributed by atoms with Gasteiger partial charge in [-0.05, 0) is 75.5 Å². The molecule has 35 heavy (non-hydrogen) atoms. The third kappa shape index (κ3) is 7.79. The van der Waals surface area contributed by atoms with Crippen molar-refractivity contribution in [3.63, 3.8) is 0 Å². The Labute approximate surface area is 214 Å². The van der Waals surface area contributed by atoms with Gasteiger partial charge in [0.15, 0.2) is 0 Å². The molecule has 0 aliphatic carbocycles. The second kappa shape index (κ2) is 12.7. The summed E-state index contributed by atoms with van der Waals surface area (Å²) in [6.45, 7) is 26.3. The first-order valence-corrected chi connectivity index (χ1v) is 14.4. The molecular formula is C30H51N5. The monoisotopic (exact) mass is 481 g/mol. The highest BCUT2D eigenvalue weighted by molar-refractivity contribution is 5.85. The fourth-order valence-electron chi connectivity index (χ4n) is 6.14. The maximum atomic E-state index is 3.67. The van der Waals surface area contributed by atoms with E-state index in [1.165, 1.54) is 107 Å². The van der Waals surface area contributed by atoms with Crippen molar-refractivity contribution in [2.45, 2.75) is 60.4 Å². The van der Waals surface area contributed by atoms with E-state index in [0.29, 0.717) is 0 Å². The van der Waals surface area contributed by atoms with Crippen LogP contribution in [-0.2, 0) is 13.0 Å². The Morgan fingerprint density at radius 1 is 0.829 bits per heavy atom. The number of piperazine rings is 1. The summed E-state index contributed by atoms with van der Waals surface area (Å²) in [4.78, 5) is 14.4. The van der Waals surface area contributed by atoms with E-state index in [1.54, 1.807) is 5.56 Å². The molecule has 2 aliphatic rings. The number of aryl methyl sites for hydroxylation is 1. The lowest BCUT2D eigenvalue weighted by Crippen LogP contribution is -2.47. The Morgan fingerprint density at radius 2 is 1.46 bits per heavy atom. The lowest BCUT2D eigenvalue weighted by atomic mass is 10.0. The average molecular weight is 482 g/mol. The van der Waals surface area contributed by atoms with Crippen LogP contribution in [0, 0.1) is 18.8 Å². The topological polar surface area (TPSA) is 28.8 Å². The standard InChI is InChI=1S/C30H51N5/c1-24(2)21-35(22-25(3)4)14-7-12-33-18-16-32(17-19-33)11-6-13-34-15-10-30-28(23-34)27-20-26(5)8-9-29(27)31-30/h8-9,20,24-25,31H,6-7,10-19,21-23H2,1-5H3. The molecule has 0 atom stereocenters. The quantitative estimate of drug-likeness (QED) is 0.469. The molecule has 1 aromatic carbocycles. The summed E-state index contributed by atoms with van der Waals surface area (Å²) >= 11 is 0. The number of nitrogens with zero attached hydrogens (tertiary/aromatic N) is 4. The highest BCUT2D eigenvalue weighted by Gasteiger charge is 2.21. The fourth-order valence-corrected chi connectivity index (χ4v) is 6.14. The second-order valence-corrected chi connectivity index (χ2v) is 12.1. The van der Waals surface area contributed by atoms with E-state index >= 15 is 0 Å². The normalized spacial score (nSPS) is 18.4. The van der Waals surface area contributed by atoms with Crippen LogP contribution in [0.4, 0.5) is 0 Å². The number of hydrogen-bond donors (Lipinski definition) is 1. The van der Waals surface area contributed by atoms with Crippen molar-refractivity contribution in [3.05, 3.63) is 35.0 Å². The number of aromatic amines is 1. The number of benzene rings is 1. The minimum absolute atomic E-state index is 0.760. The summed E-state index contributed by atoms with van der Waals surface area (Å²) in [5.41, 5.74) is 5.69. The zero-order chi connectivity index (χ0) is 24.8. The molecule has 196 valence electrons. The van der Waals surface area contributed by atoms with E-state index in [-0.39, 0.29) is 0 Å². The van der Waals surface area contributed by atoms with Gasteiger partial charge in [0.25, 0.3) is 0 Å². The minimum Gasteiger partial charge on any atom is -0.358 e. The summed E-state index contributed by atoms with van der Waals surface area (Å²) < 4.78 is 0. The Hall–Kier alpha value is -1.40. The molecule has 0 unspecified atom stereocenters. The molecule has 0 saturated carbocycles. The Morgan fingerprint density at radius 3 is 2.11 bits per heavy atom. The molecule has 1 saturated heterocycles. The summed E-state index contributed by atoms with van der Waals surface area (Å²) in [6.07, 6.45) is 3.76. The highest BCUT2D eigenvalue weighted by atomic mass is 15.3. The molecule has 5 heteroatoms. The van der Waals surface area contributed by atoms with Crippen LogP contribution in [0.5, 0.6) is 0 Å². The van der Waals surface area contributed by atoms with Gasteiger partial charge >= 0.3 is 0 Å². The van der Waals surface area contributed by atoms with Gasteiger partial charge in [-0.15, -0.1) is 0 Å². The predicted molar refractivity (Wildman–Crippen MR) is 150 cm³/mol. The number of H-pyrrole nitrogens is 1. The number of hydrogen-bond acceptors (Lipinski definition) is 4. The average Bonchev–Trinajstić information content (AvgIpc) is 3.16. The van der Waals surface area contributed by atoms with Gasteiger partial charge in [0, 0.05) is 75.4 Å². The molecule has 1 N–H and O–H groups in total. The molecule has 2 aliphatic heterocycles. The summed E-state index contributed by atoms with van der Waals surface area (Å²) in [5, 5.41) is 1.44. The first-order valence-electron chi connectivity index (χ1n) is 14.4. The van der Waals surface area contributed by atoms with Gasteiger partial charge in [0.05, 0.1) is 0 Å². The van der Waals surface area contributed by atoms with Crippen LogP contribution >= 0.6 is 0 Å². The fraction of sp³-hybridized carbons (Fsp3) is 0.733. The van der Waals surface area contributed by atoms with Gasteiger partial charge < -0.3 is 19.7 Å². The maximum absolute atomic E-state index is 3.67. The van der Waals surface area contributed by atoms with Gasteiger partial charge in [-0.3, -0.25) is 4.90 Å². The first kappa shape index (κ1) is 26.7. The maximum Gasteiger partial charge on any atom is 0.0459 e. The SMILES string of the molecule is Cc1ccc2[nH]c3c(c2c1)CN(CCCN1CCN(CCCN(CC(C)C)CC(C)C)CC1)CC3. The summed E-state index contributed by atoms with van der Waals surface area (Å²) in [7, 11) is 0. The lowest BCUT2D eigenvalue weighted by molar-refractivity contribution is 0.118. The van der Waals surface area contributed by atoms with Crippen molar-refractivity contribution >= 4 is 10.9 Å². The zero-order valence-electron chi connectivity index (χ0n) is 23.3. The van der Waals surface area contributed by atoms with Crippen molar-refractivity contribution in [2.75, 3.05) is 72.0 Å². The number of aromatic nitrogens is 1. The van der Waals surface area contributed by atoms with Crippen molar-refractivity contribution in [1.82, 2.24) is 24.6 Å². The molecule has 0 radical (unpaired) electrons. The number of fused-ring (bicyclic) bond motifs is 3. The largest absolute Gasteiger partial charge is 0.358 e. The lowest BCUT2D eigenvalue weighted by Gasteiger charge is -2.36. The molecule has 0 amide bonds. The second-order valence-electron chi connectivity index (χ2n) is 12.1. The van der Waals surface area contributed by atoms with Gasteiger partial charge in [-0.1, -0.05) is 39.3 Å². The van der Waals surface area contributed by atoms with Gasteiger partial charge in [0.1, 0.15) is 0 Å². The van der Waals surface area contributed by atoms with E-state index in [4.69, 9.17) is 0 Å². The number of nitrogens with one attached hydrogen (secondary N) is 1. The van der Waals surface area contributed by atoms with Crippen molar-refractivity contribution in [1.29, 1.82) is 0 Å². The van der Waals surface area contributed by atoms with Crippen molar-refractivity contribution in [2.24, 2.45) is 11.8 Å². The third-order valence-corrected chi connectivity index (χ3v) is 7.82. The van der Waals surface area contributed by atoms with E-state index < -0.39 is 0 Å². The number of rotatable bonds is 12. The Bertz CT molecular complexity index is 899. The predicted octanol–water partition coefficient (Wildman–Crippen LogP) is 4.85. The van der Waals surface area contributed by atoms with Gasteiger partial charge in [0.2, 0.25) is 0 Å². The Balaban J connectivity index is 1.12. The summed E-state index contributed by atoms with van der Waals surface area (Å²) in [5.74, 6) is 1.52. The van der Waals surface area contributed by atoms with E-state index in [9.17, 15) is 0 Å². The molecule has 5 nitrogen and oxygen atoms in total. The summed E-state index contributed by atoms with van der Waals surface area (Å²) in [6, 6.07) is 6.83. The van der Waals surface area contributed by atoms with Crippen LogP contribution < -0.4 is 0 Å². The van der Waals surface area contributed by atoms with Crippen LogP contribution in [0.2, 0.25) is 0 Å². The molecule has 3 heterocycles.